The van der Waals surface area contributed by atoms with Crippen LogP contribution < -0.4 is 85.5 Å². The summed E-state index contributed by atoms with van der Waals surface area (Å²) in [6.45, 7) is 12.4. The highest BCUT2D eigenvalue weighted by Crippen LogP contribution is 2.26. The SMILES string of the molecule is CC[C@H](C)[C@H](NC(=O)[C@@H]1CCCN1C(=O)[C@H](CC(N)=O)NC(=O)CNC(=O)[C@H](Cc1ccccc1)NC(=O)[C@@H]1CCCN1C(=O)[C@H](CO)NC(=O)[C@@H](NC(=O)[C@@H](NC(=O)[C@@H]1CCCN1)[C@@H](C)O)[C@@H](C)O)C(=O)N1CCC[C@H]1C(=O)NCC(=O)N[C@@H](CC(C)C)C(=O)N[C@@H](CC(=O)O)C(=O)N[C@@H](CCC(=O)O)C(=O)N[C@@H](CC(C)C)C(=O)NCC(=O)N[C@H](C(=O)O)C(C)C. The van der Waals surface area contributed by atoms with Crippen molar-refractivity contribution in [2.45, 2.75) is 275 Å². The van der Waals surface area contributed by atoms with Crippen LogP contribution in [0.25, 0.3) is 0 Å². The fourth-order valence-electron chi connectivity index (χ4n) is 15.1. The lowest BCUT2D eigenvalue weighted by Gasteiger charge is -2.33. The van der Waals surface area contributed by atoms with E-state index in [4.69, 9.17) is 5.73 Å². The smallest absolute Gasteiger partial charge is 0.326 e. The number of carbonyl (C=O) groups is 21. The van der Waals surface area contributed by atoms with Crippen LogP contribution in [-0.2, 0) is 107 Å². The molecule has 4 saturated heterocycles. The molecule has 4 aliphatic rings. The van der Waals surface area contributed by atoms with Crippen molar-refractivity contribution < 1.29 is 131 Å². The van der Waals surface area contributed by atoms with Crippen molar-refractivity contribution in [1.82, 2.24) is 94.5 Å². The van der Waals surface area contributed by atoms with E-state index in [0.29, 0.717) is 24.9 Å². The van der Waals surface area contributed by atoms with Gasteiger partial charge < -0.3 is 131 Å². The first-order chi connectivity index (χ1) is 60.3. The van der Waals surface area contributed by atoms with Gasteiger partial charge in [-0.1, -0.05) is 92.1 Å². The molecule has 0 aliphatic carbocycles. The van der Waals surface area contributed by atoms with Gasteiger partial charge in [0.05, 0.1) is 57.3 Å². The summed E-state index contributed by atoms with van der Waals surface area (Å²) in [4.78, 5) is 288. The number of carbonyl (C=O) groups excluding carboxylic acids is 18. The third kappa shape index (κ3) is 33.3. The van der Waals surface area contributed by atoms with E-state index in [-0.39, 0.29) is 95.7 Å². The Labute approximate surface area is 739 Å². The second kappa shape index (κ2) is 51.7. The average molecular weight is 1810 g/mol. The molecular weight excluding hydrogens is 1680 g/mol. The van der Waals surface area contributed by atoms with Crippen molar-refractivity contribution in [2.24, 2.45) is 29.4 Å². The number of nitrogens with two attached hydrogens (primary N) is 1. The Kier molecular flexibility index (Phi) is 43.0. The van der Waals surface area contributed by atoms with Crippen LogP contribution in [0.4, 0.5) is 0 Å². The second-order valence-electron chi connectivity index (χ2n) is 33.7. The number of primary amides is 1. The Morgan fingerprint density at radius 1 is 0.430 bits per heavy atom. The largest absolute Gasteiger partial charge is 0.481 e. The minimum Gasteiger partial charge on any atom is -0.481 e. The summed E-state index contributed by atoms with van der Waals surface area (Å²) in [5.41, 5.74) is 6.12. The Balaban J connectivity index is 1.21. The molecule has 712 valence electrons. The first-order valence-corrected chi connectivity index (χ1v) is 43.0. The topological polar surface area (TPSA) is 696 Å². The first-order valence-electron chi connectivity index (χ1n) is 43.0. The van der Waals surface area contributed by atoms with Gasteiger partial charge in [-0.2, -0.15) is 0 Å². The molecule has 5 rings (SSSR count). The van der Waals surface area contributed by atoms with Gasteiger partial charge in [-0.25, -0.2) is 4.79 Å². The number of carboxylic acids is 3. The maximum atomic E-state index is 14.7. The van der Waals surface area contributed by atoms with Crippen LogP contribution in [0.1, 0.15) is 171 Å². The van der Waals surface area contributed by atoms with E-state index in [9.17, 15) is 131 Å². The summed E-state index contributed by atoms with van der Waals surface area (Å²) in [5.74, 6) is -23.6. The van der Waals surface area contributed by atoms with E-state index in [1.807, 2.05) is 0 Å². The van der Waals surface area contributed by atoms with Gasteiger partial charge in [0.2, 0.25) is 106 Å². The number of hydrogen-bond donors (Lipinski definition) is 22. The molecule has 1 aromatic rings. The van der Waals surface area contributed by atoms with Crippen molar-refractivity contribution in [1.29, 1.82) is 0 Å². The molecule has 4 heterocycles. The number of hydrogen-bond acceptors (Lipinski definition) is 25. The lowest BCUT2D eigenvalue weighted by molar-refractivity contribution is -0.145. The van der Waals surface area contributed by atoms with E-state index in [1.165, 1.54) is 11.8 Å². The predicted octanol–water partition coefficient (Wildman–Crippen LogP) is -7.52. The summed E-state index contributed by atoms with van der Waals surface area (Å²) in [6.07, 6.45) is -4.57. The highest BCUT2D eigenvalue weighted by atomic mass is 16.4. The van der Waals surface area contributed by atoms with Crippen LogP contribution in [0.2, 0.25) is 0 Å². The fraction of sp³-hybridized carbons (Fsp3) is 0.671. The summed E-state index contributed by atoms with van der Waals surface area (Å²) in [5, 5.41) is 97.1. The summed E-state index contributed by atoms with van der Waals surface area (Å²) >= 11 is 0. The highest BCUT2D eigenvalue weighted by molar-refractivity contribution is 6.02. The van der Waals surface area contributed by atoms with Gasteiger partial charge in [0, 0.05) is 32.5 Å². The molecular formula is C82H127N19O27. The lowest BCUT2D eigenvalue weighted by atomic mass is 9.96. The molecule has 0 aromatic heterocycles. The zero-order chi connectivity index (χ0) is 95.7. The number of carboxylic acid groups (broad SMARTS) is 3. The molecule has 0 unspecified atom stereocenters. The van der Waals surface area contributed by atoms with E-state index < -0.39 is 291 Å². The molecule has 0 bridgehead atoms. The van der Waals surface area contributed by atoms with Gasteiger partial charge in [0.1, 0.15) is 84.6 Å². The van der Waals surface area contributed by atoms with Crippen LogP contribution in [0, 0.1) is 23.7 Å². The van der Waals surface area contributed by atoms with E-state index in [0.717, 1.165) is 16.7 Å². The van der Waals surface area contributed by atoms with Crippen molar-refractivity contribution in [3.8, 4) is 0 Å². The van der Waals surface area contributed by atoms with Gasteiger partial charge in [-0.3, -0.25) is 95.9 Å². The number of nitrogens with zero attached hydrogens (tertiary/aromatic N) is 3. The molecule has 0 radical (unpaired) electrons. The normalized spacial score (nSPS) is 19.3. The van der Waals surface area contributed by atoms with E-state index in [1.54, 1.807) is 85.7 Å². The van der Waals surface area contributed by atoms with Crippen LogP contribution in [0.5, 0.6) is 0 Å². The van der Waals surface area contributed by atoms with Crippen LogP contribution in [0.3, 0.4) is 0 Å². The molecule has 23 N–H and O–H groups in total. The fourth-order valence-corrected chi connectivity index (χ4v) is 15.1. The Morgan fingerprint density at radius 3 is 1.37 bits per heavy atom. The molecule has 18 atom stereocenters. The molecule has 18 amide bonds. The zero-order valence-corrected chi connectivity index (χ0v) is 73.7. The number of amides is 18. The predicted molar refractivity (Wildman–Crippen MR) is 450 cm³/mol. The maximum Gasteiger partial charge on any atom is 0.326 e. The molecule has 4 aliphatic heterocycles. The van der Waals surface area contributed by atoms with Gasteiger partial charge in [-0.05, 0) is 120 Å². The Hall–Kier alpha value is -12.1. The van der Waals surface area contributed by atoms with Gasteiger partial charge in [0.15, 0.2) is 0 Å². The minimum atomic E-state index is -2.00. The first kappa shape index (κ1) is 106. The summed E-state index contributed by atoms with van der Waals surface area (Å²) < 4.78 is 0. The number of aliphatic hydroxyl groups is 3. The third-order valence-electron chi connectivity index (χ3n) is 22.1. The average Bonchev–Trinajstić information content (AvgIpc) is 1.37. The van der Waals surface area contributed by atoms with E-state index in [2.05, 4.69) is 79.8 Å². The molecule has 46 nitrogen and oxygen atoms in total. The van der Waals surface area contributed by atoms with Gasteiger partial charge >= 0.3 is 17.9 Å². The number of benzene rings is 1. The second-order valence-corrected chi connectivity index (χ2v) is 33.7. The van der Waals surface area contributed by atoms with Crippen LogP contribution in [-0.4, -0.2) is 325 Å². The maximum absolute atomic E-state index is 14.7. The van der Waals surface area contributed by atoms with Crippen LogP contribution in [0.15, 0.2) is 30.3 Å². The Morgan fingerprint density at radius 2 is 0.875 bits per heavy atom. The Bertz CT molecular complexity index is 4130. The number of aliphatic hydroxyl groups excluding tert-OH is 3. The standard InChI is InChI=1S/C82H127N19O27/c1-11-43(8)65(81(126)101-30-16-22-55(101)74(119)87-37-59(106)88-50(32-41(4)5)72(117)92-52(35-63(111)112)73(118)90-48(25-26-62(109)110)71(116)91-49(31-40(2)3)68(113)86-38-61(108)95-64(42(6)7)82(127)128)96-76(121)57-24-18-28-99(57)79(124)53(34-58(83)105)89-60(107)36-85-69(114)51(33-46-19-13-12-14-20-46)93-75(120)56-23-17-29-100(56)80(125)54(39-102)94-77(122)66(44(9)103)98-78(123)67(45(10)104)97-70(115)47-21-15-27-84-47/h12-14,19-20,40-45,47-57,64-67,84,102-104H,11,15-18,21-39H2,1-10H3,(H2,83,105)(H,85,114)(H,86,113)(H,87,119)(H,88,106)(H,89,107)(H,90,118)(H,91,116)(H,92,117)(H,93,120)(H,94,122)(H,95,108)(H,96,121)(H,97,115)(H,98,123)(H,109,110)(H,111,112)(H,127,128)/t43-,44+,45+,47-,48-,49-,50-,51-,52-,53-,54-,55-,56-,57-,64-,65-,66-,67-/m0/s1. The summed E-state index contributed by atoms with van der Waals surface area (Å²) in [6, 6.07) is -14.0. The number of aliphatic carboxylic acids is 3. The molecule has 128 heavy (non-hydrogen) atoms. The van der Waals surface area contributed by atoms with Gasteiger partial charge in [-0.15, -0.1) is 0 Å². The quantitative estimate of drug-likeness (QED) is 0.0288. The number of rotatable bonds is 51. The number of nitrogens with one attached hydrogen (secondary N) is 15. The zero-order valence-electron chi connectivity index (χ0n) is 73.7. The molecule has 0 saturated carbocycles. The van der Waals surface area contributed by atoms with E-state index >= 15 is 0 Å². The van der Waals surface area contributed by atoms with Crippen molar-refractivity contribution in [2.75, 3.05) is 52.4 Å². The molecule has 46 heteroatoms. The monoisotopic (exact) mass is 1810 g/mol. The van der Waals surface area contributed by atoms with Gasteiger partial charge in [0.25, 0.3) is 0 Å². The van der Waals surface area contributed by atoms with Crippen molar-refractivity contribution in [3.63, 3.8) is 0 Å². The minimum absolute atomic E-state index is 0.00464. The van der Waals surface area contributed by atoms with Crippen molar-refractivity contribution >= 4 is 124 Å². The van der Waals surface area contributed by atoms with Crippen LogP contribution >= 0.6 is 0 Å². The lowest BCUT2D eigenvalue weighted by Crippen LogP contribution is -2.63. The molecule has 1 aromatic carbocycles. The summed E-state index contributed by atoms with van der Waals surface area (Å²) in [7, 11) is 0. The number of likely N-dealkylation sites (tertiary alicyclic amines) is 3. The molecule has 0 spiro atoms. The van der Waals surface area contributed by atoms with Crippen molar-refractivity contribution in [3.05, 3.63) is 35.9 Å². The third-order valence-corrected chi connectivity index (χ3v) is 22.1. The highest BCUT2D eigenvalue weighted by Gasteiger charge is 2.46. The molecule has 4 fully saturated rings.